The van der Waals surface area contributed by atoms with Gasteiger partial charge in [-0.15, -0.1) is 0 Å². The molecule has 0 saturated carbocycles. The van der Waals surface area contributed by atoms with Gasteiger partial charge in [0, 0.05) is 0 Å². The van der Waals surface area contributed by atoms with Crippen LogP contribution in [0.25, 0.3) is 21.5 Å². The summed E-state index contributed by atoms with van der Waals surface area (Å²) in [6.45, 7) is 13.7. The fraction of sp³-hybridized carbons (Fsp3) is 0.200. The molecule has 0 fully saturated rings. The van der Waals surface area contributed by atoms with Crippen LogP contribution in [0.15, 0.2) is 97.1 Å². The molecule has 0 bridgehead atoms. The molecule has 0 spiro atoms. The van der Waals surface area contributed by atoms with Gasteiger partial charge in [0.1, 0.15) is 8.07 Å². The van der Waals surface area contributed by atoms with Gasteiger partial charge >= 0.3 is 0 Å². The Morgan fingerprint density at radius 3 is 0.917 bits per heavy atom. The van der Waals surface area contributed by atoms with Crippen LogP contribution in [0.5, 0.6) is 0 Å². The van der Waals surface area contributed by atoms with Gasteiger partial charge in [-0.3, -0.25) is 0 Å². The van der Waals surface area contributed by atoms with Crippen molar-refractivity contribution in [3.05, 3.63) is 142 Å². The van der Waals surface area contributed by atoms with Crippen molar-refractivity contribution in [3.8, 4) is 0 Å². The van der Waals surface area contributed by atoms with E-state index >= 15 is 0 Å². The van der Waals surface area contributed by atoms with E-state index in [0.29, 0.717) is 0 Å². The summed E-state index contributed by atoms with van der Waals surface area (Å²) in [4.78, 5) is 0. The predicted molar refractivity (Wildman–Crippen MR) is 160 cm³/mol. The Morgan fingerprint density at radius 1 is 0.417 bits per heavy atom. The van der Waals surface area contributed by atoms with Crippen LogP contribution in [0, 0.1) is 27.7 Å². The van der Waals surface area contributed by atoms with Crippen LogP contribution in [0.3, 0.4) is 0 Å². The van der Waals surface area contributed by atoms with Crippen molar-refractivity contribution in [2.75, 3.05) is 0 Å². The largest absolute Gasteiger partial charge is 0.118 e. The molecule has 0 amide bonds. The van der Waals surface area contributed by atoms with Gasteiger partial charge in [0.15, 0.2) is 0 Å². The highest BCUT2D eigenvalue weighted by atomic mass is 28.3. The average molecular weight is 485 g/mol. The maximum absolute atomic E-state index is 2.59. The lowest BCUT2D eigenvalue weighted by Crippen LogP contribution is -2.32. The average Bonchev–Trinajstić information content (AvgIpc) is 3.15. The summed E-state index contributed by atoms with van der Waals surface area (Å²) in [5.41, 5.74) is 13.4. The van der Waals surface area contributed by atoms with Gasteiger partial charge in [-0.25, -0.2) is 0 Å². The smallest absolute Gasteiger partial charge is 0.0672 e. The maximum atomic E-state index is 2.59. The molecule has 0 aromatic heterocycles. The van der Waals surface area contributed by atoms with E-state index in [1.165, 1.54) is 55.7 Å². The fourth-order valence-electron chi connectivity index (χ4n) is 5.66. The van der Waals surface area contributed by atoms with E-state index in [0.717, 1.165) is 6.04 Å². The lowest BCUT2D eigenvalue weighted by Gasteiger charge is -2.30. The number of hydrogen-bond acceptors (Lipinski definition) is 0. The number of hydrogen-bond donors (Lipinski definition) is 0. The van der Waals surface area contributed by atoms with Crippen molar-refractivity contribution in [1.29, 1.82) is 0 Å². The first-order valence-corrected chi connectivity index (χ1v) is 15.8. The van der Waals surface area contributed by atoms with Crippen LogP contribution < -0.4 is 0 Å². The molecule has 0 atom stereocenters. The SMILES string of the molecule is CC[Si]1(C)C(c2ccc(C)cc2)=C(c2ccc(C)cc2)C(c2ccc(C)cc2)=C1c1ccc(C)cc1. The van der Waals surface area contributed by atoms with Crippen LogP contribution in [-0.4, -0.2) is 8.07 Å². The molecule has 0 N–H and O–H groups in total. The summed E-state index contributed by atoms with van der Waals surface area (Å²) in [6.07, 6.45) is 0. The first kappa shape index (κ1) is 24.3. The predicted octanol–water partition coefficient (Wildman–Crippen LogP) is 9.63. The number of aryl methyl sites for hydroxylation is 4. The molecule has 0 nitrogen and oxygen atoms in total. The standard InChI is InChI=1S/C35H36Si/c1-7-36(6)34(30-20-12-26(4)13-21-30)32(28-16-8-24(2)9-17-28)33(29-18-10-25(3)11-19-29)35(36)31-22-14-27(5)15-23-31/h8-23H,7H2,1-6H3. The molecule has 36 heavy (non-hydrogen) atoms. The van der Waals surface area contributed by atoms with Gasteiger partial charge in [0.2, 0.25) is 0 Å². The Labute approximate surface area is 218 Å². The zero-order valence-corrected chi connectivity index (χ0v) is 23.4. The minimum absolute atomic E-state index is 1.16. The molecule has 4 aromatic carbocycles. The van der Waals surface area contributed by atoms with E-state index in [9.17, 15) is 0 Å². The highest BCUT2D eigenvalue weighted by Gasteiger charge is 2.45. The zero-order valence-electron chi connectivity index (χ0n) is 22.4. The van der Waals surface area contributed by atoms with Gasteiger partial charge < -0.3 is 0 Å². The van der Waals surface area contributed by atoms with Crippen LogP contribution in [0.4, 0.5) is 0 Å². The Hall–Kier alpha value is -3.42. The zero-order chi connectivity index (χ0) is 25.4. The fourth-order valence-corrected chi connectivity index (χ4v) is 9.87. The number of allylic oxidation sites excluding steroid dienone is 2. The molecule has 0 aliphatic carbocycles. The van der Waals surface area contributed by atoms with Crippen LogP contribution in [0.2, 0.25) is 12.6 Å². The van der Waals surface area contributed by atoms with Crippen LogP contribution in [-0.2, 0) is 0 Å². The van der Waals surface area contributed by atoms with E-state index in [4.69, 9.17) is 0 Å². The van der Waals surface area contributed by atoms with Gasteiger partial charge in [-0.1, -0.05) is 139 Å². The molecule has 1 heterocycles. The first-order chi connectivity index (χ1) is 17.3. The highest BCUT2D eigenvalue weighted by Crippen LogP contribution is 2.56. The van der Waals surface area contributed by atoms with Crippen molar-refractivity contribution in [1.82, 2.24) is 0 Å². The molecular formula is C35H36Si. The maximum Gasteiger partial charge on any atom is 0.118 e. The third-order valence-corrected chi connectivity index (χ3v) is 12.6. The molecule has 1 aliphatic heterocycles. The normalized spacial score (nSPS) is 15.1. The molecule has 4 aromatic rings. The number of benzene rings is 4. The van der Waals surface area contributed by atoms with Crippen molar-refractivity contribution < 1.29 is 0 Å². The molecular weight excluding hydrogens is 448 g/mol. The van der Waals surface area contributed by atoms with E-state index < -0.39 is 8.07 Å². The van der Waals surface area contributed by atoms with Crippen molar-refractivity contribution >= 4 is 29.6 Å². The Balaban J connectivity index is 1.93. The third kappa shape index (κ3) is 4.22. The van der Waals surface area contributed by atoms with Gasteiger partial charge in [0.05, 0.1) is 0 Å². The number of rotatable bonds is 5. The molecule has 180 valence electrons. The van der Waals surface area contributed by atoms with Gasteiger partial charge in [-0.05, 0) is 71.5 Å². The van der Waals surface area contributed by atoms with E-state index in [1.807, 2.05) is 0 Å². The van der Waals surface area contributed by atoms with Crippen LogP contribution >= 0.6 is 0 Å². The second-order valence-electron chi connectivity index (χ2n) is 10.6. The third-order valence-electron chi connectivity index (χ3n) is 7.92. The quantitative estimate of drug-likeness (QED) is 0.247. The Morgan fingerprint density at radius 2 is 0.667 bits per heavy atom. The summed E-state index contributed by atoms with van der Waals surface area (Å²) in [5.74, 6) is 0. The topological polar surface area (TPSA) is 0 Å². The summed E-state index contributed by atoms with van der Waals surface area (Å²) in [7, 11) is -2.10. The van der Waals surface area contributed by atoms with Crippen molar-refractivity contribution in [2.45, 2.75) is 47.2 Å². The molecule has 1 aliphatic rings. The van der Waals surface area contributed by atoms with E-state index in [-0.39, 0.29) is 0 Å². The molecule has 0 unspecified atom stereocenters. The summed E-state index contributed by atoms with van der Waals surface area (Å²) in [6, 6.07) is 38.0. The lowest BCUT2D eigenvalue weighted by molar-refractivity contribution is 1.39. The summed E-state index contributed by atoms with van der Waals surface area (Å²) < 4.78 is 0. The van der Waals surface area contributed by atoms with Gasteiger partial charge in [-0.2, -0.15) is 0 Å². The summed E-state index contributed by atoms with van der Waals surface area (Å²) in [5, 5.41) is 3.14. The monoisotopic (exact) mass is 484 g/mol. The lowest BCUT2D eigenvalue weighted by atomic mass is 9.88. The molecule has 0 radical (unpaired) electrons. The first-order valence-electron chi connectivity index (χ1n) is 13.1. The minimum Gasteiger partial charge on any atom is -0.0672 e. The van der Waals surface area contributed by atoms with Crippen molar-refractivity contribution in [3.63, 3.8) is 0 Å². The molecule has 0 saturated heterocycles. The second-order valence-corrected chi connectivity index (χ2v) is 15.0. The van der Waals surface area contributed by atoms with E-state index in [2.05, 4.69) is 138 Å². The highest BCUT2D eigenvalue weighted by molar-refractivity contribution is 7.13. The second kappa shape index (κ2) is 9.56. The van der Waals surface area contributed by atoms with Gasteiger partial charge in [0.25, 0.3) is 0 Å². The molecule has 1 heteroatoms. The Bertz CT molecular complexity index is 1340. The van der Waals surface area contributed by atoms with Crippen molar-refractivity contribution in [2.24, 2.45) is 0 Å². The Kier molecular flexibility index (Phi) is 6.45. The minimum atomic E-state index is -2.10. The van der Waals surface area contributed by atoms with E-state index in [1.54, 1.807) is 10.4 Å². The molecule has 5 rings (SSSR count). The van der Waals surface area contributed by atoms with Crippen LogP contribution in [0.1, 0.15) is 51.4 Å². The summed E-state index contributed by atoms with van der Waals surface area (Å²) >= 11 is 0.